The summed E-state index contributed by atoms with van der Waals surface area (Å²) in [7, 11) is 0. The lowest BCUT2D eigenvalue weighted by atomic mass is 10.0. The summed E-state index contributed by atoms with van der Waals surface area (Å²) in [5, 5.41) is 1.32. The summed E-state index contributed by atoms with van der Waals surface area (Å²) in [6.45, 7) is 2.29. The van der Waals surface area contributed by atoms with Gasteiger partial charge in [-0.15, -0.1) is 11.3 Å². The van der Waals surface area contributed by atoms with E-state index in [0.29, 0.717) is 0 Å². The van der Waals surface area contributed by atoms with Crippen LogP contribution in [0.1, 0.15) is 89.0 Å². The SMILES string of the molecule is CCCCCCCCCCCCCCc1nc2ccccc2s1. The average molecular weight is 332 g/mol. The monoisotopic (exact) mass is 331 g/mol. The normalized spacial score (nSPS) is 11.3. The molecule has 0 radical (unpaired) electrons. The maximum atomic E-state index is 4.72. The standard InChI is InChI=1S/C21H33NS/c1-2-3-4-5-6-7-8-9-10-11-12-13-18-21-22-19-16-14-15-17-20(19)23-21/h14-17H,2-13,18H2,1H3. The number of benzene rings is 1. The zero-order chi connectivity index (χ0) is 16.2. The summed E-state index contributed by atoms with van der Waals surface area (Å²) in [6, 6.07) is 8.49. The molecule has 23 heavy (non-hydrogen) atoms. The molecule has 1 aromatic heterocycles. The number of para-hydroxylation sites is 1. The third-order valence-electron chi connectivity index (χ3n) is 4.58. The summed E-state index contributed by atoms with van der Waals surface area (Å²) in [6.07, 6.45) is 18.1. The topological polar surface area (TPSA) is 12.9 Å². The molecule has 0 atom stereocenters. The summed E-state index contributed by atoms with van der Waals surface area (Å²) < 4.78 is 1.33. The molecule has 1 heterocycles. The van der Waals surface area contributed by atoms with Crippen LogP contribution in [-0.2, 0) is 6.42 Å². The van der Waals surface area contributed by atoms with Gasteiger partial charge in [0.1, 0.15) is 0 Å². The van der Waals surface area contributed by atoms with E-state index in [1.807, 2.05) is 11.3 Å². The van der Waals surface area contributed by atoms with Crippen molar-refractivity contribution in [1.82, 2.24) is 4.98 Å². The van der Waals surface area contributed by atoms with E-state index in [0.717, 1.165) is 6.42 Å². The molecule has 0 N–H and O–H groups in total. The second kappa shape index (κ2) is 11.6. The van der Waals surface area contributed by atoms with Crippen molar-refractivity contribution in [3.63, 3.8) is 0 Å². The van der Waals surface area contributed by atoms with Crippen molar-refractivity contribution in [2.45, 2.75) is 90.4 Å². The molecular weight excluding hydrogens is 298 g/mol. The third kappa shape index (κ3) is 7.48. The number of thiazole rings is 1. The minimum atomic E-state index is 1.16. The smallest absolute Gasteiger partial charge is 0.0938 e. The number of aromatic nitrogens is 1. The Morgan fingerprint density at radius 1 is 0.739 bits per heavy atom. The minimum absolute atomic E-state index is 1.16. The van der Waals surface area contributed by atoms with Crippen molar-refractivity contribution in [3.8, 4) is 0 Å². The predicted octanol–water partition coefficient (Wildman–Crippen LogP) is 7.54. The highest BCUT2D eigenvalue weighted by atomic mass is 32.1. The van der Waals surface area contributed by atoms with Gasteiger partial charge in [-0.25, -0.2) is 4.98 Å². The molecule has 0 unspecified atom stereocenters. The summed E-state index contributed by atoms with van der Waals surface area (Å²) in [5.41, 5.74) is 1.17. The van der Waals surface area contributed by atoms with E-state index < -0.39 is 0 Å². The quantitative estimate of drug-likeness (QED) is 0.345. The zero-order valence-corrected chi connectivity index (χ0v) is 15.7. The highest BCUT2D eigenvalue weighted by Gasteiger charge is 2.02. The molecule has 0 aliphatic heterocycles. The molecule has 0 bridgehead atoms. The van der Waals surface area contributed by atoms with Crippen molar-refractivity contribution in [2.24, 2.45) is 0 Å². The second-order valence-electron chi connectivity index (χ2n) is 6.71. The number of nitrogens with zero attached hydrogens (tertiary/aromatic N) is 1. The Kier molecular flexibility index (Phi) is 9.32. The molecule has 128 valence electrons. The lowest BCUT2D eigenvalue weighted by molar-refractivity contribution is 0.544. The fourth-order valence-corrected chi connectivity index (χ4v) is 4.15. The van der Waals surface area contributed by atoms with Gasteiger partial charge in [0, 0.05) is 0 Å². The van der Waals surface area contributed by atoms with E-state index in [1.54, 1.807) is 0 Å². The van der Waals surface area contributed by atoms with Gasteiger partial charge in [0.25, 0.3) is 0 Å². The van der Waals surface area contributed by atoms with Gasteiger partial charge >= 0.3 is 0 Å². The van der Waals surface area contributed by atoms with Crippen molar-refractivity contribution < 1.29 is 0 Å². The van der Waals surface area contributed by atoms with Gasteiger partial charge in [0.15, 0.2) is 0 Å². The number of aryl methyl sites for hydroxylation is 1. The molecule has 1 nitrogen and oxygen atoms in total. The number of unbranched alkanes of at least 4 members (excludes halogenated alkanes) is 11. The second-order valence-corrected chi connectivity index (χ2v) is 7.83. The maximum Gasteiger partial charge on any atom is 0.0938 e. The molecule has 0 fully saturated rings. The first-order valence-electron chi connectivity index (χ1n) is 9.74. The van der Waals surface area contributed by atoms with Gasteiger partial charge in [-0.2, -0.15) is 0 Å². The maximum absolute atomic E-state index is 4.72. The Morgan fingerprint density at radius 3 is 1.91 bits per heavy atom. The van der Waals surface area contributed by atoms with Crippen LogP contribution in [-0.4, -0.2) is 4.98 Å². The van der Waals surface area contributed by atoms with Crippen LogP contribution in [0.2, 0.25) is 0 Å². The molecule has 0 saturated carbocycles. The predicted molar refractivity (Wildman–Crippen MR) is 104 cm³/mol. The number of hydrogen-bond donors (Lipinski definition) is 0. The van der Waals surface area contributed by atoms with Crippen LogP contribution in [0.5, 0.6) is 0 Å². The highest BCUT2D eigenvalue weighted by molar-refractivity contribution is 7.18. The first-order valence-corrected chi connectivity index (χ1v) is 10.6. The fraction of sp³-hybridized carbons (Fsp3) is 0.667. The van der Waals surface area contributed by atoms with Crippen LogP contribution < -0.4 is 0 Å². The van der Waals surface area contributed by atoms with Crippen molar-refractivity contribution in [2.75, 3.05) is 0 Å². The van der Waals surface area contributed by atoms with E-state index in [9.17, 15) is 0 Å². The largest absolute Gasteiger partial charge is 0.241 e. The van der Waals surface area contributed by atoms with E-state index >= 15 is 0 Å². The molecule has 2 heteroatoms. The molecule has 0 aliphatic carbocycles. The van der Waals surface area contributed by atoms with Gasteiger partial charge in [0.05, 0.1) is 15.2 Å². The molecule has 2 aromatic rings. The fourth-order valence-electron chi connectivity index (χ4n) is 3.14. The molecule has 0 saturated heterocycles. The van der Waals surface area contributed by atoms with Crippen LogP contribution in [0, 0.1) is 0 Å². The Labute approximate surface area is 146 Å². The molecular formula is C21H33NS. The van der Waals surface area contributed by atoms with E-state index in [-0.39, 0.29) is 0 Å². The molecule has 1 aromatic carbocycles. The van der Waals surface area contributed by atoms with Crippen LogP contribution in [0.15, 0.2) is 24.3 Å². The van der Waals surface area contributed by atoms with Crippen LogP contribution in [0.3, 0.4) is 0 Å². The summed E-state index contributed by atoms with van der Waals surface area (Å²) in [4.78, 5) is 4.72. The van der Waals surface area contributed by atoms with E-state index in [1.165, 1.54) is 92.3 Å². The van der Waals surface area contributed by atoms with Gasteiger partial charge in [-0.05, 0) is 25.0 Å². The number of rotatable bonds is 13. The lowest BCUT2D eigenvalue weighted by Crippen LogP contribution is -1.85. The highest BCUT2D eigenvalue weighted by Crippen LogP contribution is 2.23. The summed E-state index contributed by atoms with van der Waals surface area (Å²) in [5.74, 6) is 0. The Bertz CT molecular complexity index is 498. The average Bonchev–Trinajstić information content (AvgIpc) is 2.98. The summed E-state index contributed by atoms with van der Waals surface area (Å²) >= 11 is 1.87. The van der Waals surface area contributed by atoms with E-state index in [4.69, 9.17) is 4.98 Å². The Morgan fingerprint density at radius 2 is 1.30 bits per heavy atom. The first kappa shape index (κ1) is 18.4. The van der Waals surface area contributed by atoms with Crippen molar-refractivity contribution >= 4 is 21.6 Å². The van der Waals surface area contributed by atoms with Crippen LogP contribution in [0.25, 0.3) is 10.2 Å². The van der Waals surface area contributed by atoms with Crippen LogP contribution in [0.4, 0.5) is 0 Å². The van der Waals surface area contributed by atoms with Crippen molar-refractivity contribution in [1.29, 1.82) is 0 Å². The van der Waals surface area contributed by atoms with Crippen LogP contribution >= 0.6 is 11.3 Å². The third-order valence-corrected chi connectivity index (χ3v) is 5.68. The Hall–Kier alpha value is -0.890. The van der Waals surface area contributed by atoms with Gasteiger partial charge in [-0.3, -0.25) is 0 Å². The van der Waals surface area contributed by atoms with Gasteiger partial charge < -0.3 is 0 Å². The van der Waals surface area contributed by atoms with Gasteiger partial charge in [0.2, 0.25) is 0 Å². The Balaban J connectivity index is 1.42. The minimum Gasteiger partial charge on any atom is -0.241 e. The molecule has 0 amide bonds. The zero-order valence-electron chi connectivity index (χ0n) is 14.9. The van der Waals surface area contributed by atoms with Gasteiger partial charge in [-0.1, -0.05) is 89.7 Å². The molecule has 0 spiro atoms. The van der Waals surface area contributed by atoms with E-state index in [2.05, 4.69) is 31.2 Å². The lowest BCUT2D eigenvalue weighted by Gasteiger charge is -2.02. The number of fused-ring (bicyclic) bond motifs is 1. The molecule has 0 aliphatic rings. The molecule has 2 rings (SSSR count). The van der Waals surface area contributed by atoms with Crippen molar-refractivity contribution in [3.05, 3.63) is 29.3 Å². The number of hydrogen-bond acceptors (Lipinski definition) is 2. The first-order chi connectivity index (χ1) is 11.4.